The van der Waals surface area contributed by atoms with Gasteiger partial charge in [-0.25, -0.2) is 9.78 Å². The monoisotopic (exact) mass is 270 g/mol. The minimum absolute atomic E-state index is 0.0824. The van der Waals surface area contributed by atoms with Gasteiger partial charge < -0.3 is 4.90 Å². The Morgan fingerprint density at radius 2 is 2.22 bits per heavy atom. The number of thioether (sulfide) groups is 1. The summed E-state index contributed by atoms with van der Waals surface area (Å²) in [6.45, 7) is 9.83. The normalized spacial score (nSPS) is 10.9. The van der Waals surface area contributed by atoms with Crippen LogP contribution in [0.4, 0.5) is 4.79 Å². The lowest BCUT2D eigenvalue weighted by Crippen LogP contribution is -2.38. The Morgan fingerprint density at radius 3 is 2.78 bits per heavy atom. The standard InChI is InChI=1S/C12H22N4OS/c1-5-7-15(8-10(3)4)12(17)16-9-13-11(14-16)18-6-2/h9-10H,5-8H2,1-4H3. The number of hydrogen-bond donors (Lipinski definition) is 0. The van der Waals surface area contributed by atoms with Crippen LogP contribution in [0, 0.1) is 5.92 Å². The van der Waals surface area contributed by atoms with Crippen LogP contribution in [0.1, 0.15) is 34.1 Å². The molecule has 102 valence electrons. The first-order chi connectivity index (χ1) is 8.58. The fourth-order valence-electron chi connectivity index (χ4n) is 1.66. The second-order valence-corrected chi connectivity index (χ2v) is 5.76. The third kappa shape index (κ3) is 4.33. The highest BCUT2D eigenvalue weighted by atomic mass is 32.2. The first-order valence-corrected chi connectivity index (χ1v) is 7.40. The smallest absolute Gasteiger partial charge is 0.323 e. The zero-order valence-corrected chi connectivity index (χ0v) is 12.4. The fourth-order valence-corrected chi connectivity index (χ4v) is 2.18. The quantitative estimate of drug-likeness (QED) is 0.746. The summed E-state index contributed by atoms with van der Waals surface area (Å²) in [7, 11) is 0. The van der Waals surface area contributed by atoms with Crippen molar-refractivity contribution in [3.8, 4) is 0 Å². The molecular formula is C12H22N4OS. The molecule has 6 heteroatoms. The Balaban J connectivity index is 2.74. The fraction of sp³-hybridized carbons (Fsp3) is 0.750. The van der Waals surface area contributed by atoms with Gasteiger partial charge in [0.1, 0.15) is 6.33 Å². The van der Waals surface area contributed by atoms with Crippen molar-refractivity contribution in [3.63, 3.8) is 0 Å². The molecule has 0 aliphatic heterocycles. The zero-order chi connectivity index (χ0) is 13.5. The maximum absolute atomic E-state index is 12.3. The van der Waals surface area contributed by atoms with Crippen LogP contribution in [-0.2, 0) is 0 Å². The molecule has 0 N–H and O–H groups in total. The van der Waals surface area contributed by atoms with Crippen LogP contribution in [-0.4, -0.2) is 44.5 Å². The van der Waals surface area contributed by atoms with Crippen LogP contribution in [0.25, 0.3) is 0 Å². The van der Waals surface area contributed by atoms with E-state index in [0.717, 1.165) is 25.3 Å². The number of nitrogens with zero attached hydrogens (tertiary/aromatic N) is 4. The zero-order valence-electron chi connectivity index (χ0n) is 11.6. The molecule has 1 aromatic rings. The highest BCUT2D eigenvalue weighted by Crippen LogP contribution is 2.11. The Labute approximate surface area is 113 Å². The highest BCUT2D eigenvalue weighted by Gasteiger charge is 2.17. The number of carbonyl (C=O) groups excluding carboxylic acids is 1. The second-order valence-electron chi connectivity index (χ2n) is 4.53. The average Bonchev–Trinajstić information content (AvgIpc) is 2.76. The first kappa shape index (κ1) is 15.0. The predicted molar refractivity (Wildman–Crippen MR) is 73.9 cm³/mol. The van der Waals surface area contributed by atoms with Crippen molar-refractivity contribution < 1.29 is 4.79 Å². The predicted octanol–water partition coefficient (Wildman–Crippen LogP) is 2.73. The van der Waals surface area contributed by atoms with Crippen molar-refractivity contribution in [2.45, 2.75) is 39.3 Å². The lowest BCUT2D eigenvalue weighted by molar-refractivity contribution is 0.189. The van der Waals surface area contributed by atoms with E-state index in [1.54, 1.807) is 0 Å². The van der Waals surface area contributed by atoms with E-state index in [-0.39, 0.29) is 6.03 Å². The Hall–Kier alpha value is -1.04. The van der Waals surface area contributed by atoms with E-state index in [4.69, 9.17) is 0 Å². The van der Waals surface area contributed by atoms with Gasteiger partial charge in [0.05, 0.1) is 0 Å². The van der Waals surface area contributed by atoms with Gasteiger partial charge in [0, 0.05) is 13.1 Å². The van der Waals surface area contributed by atoms with E-state index in [0.29, 0.717) is 11.1 Å². The molecule has 0 spiro atoms. The molecule has 1 aromatic heterocycles. The topological polar surface area (TPSA) is 51.0 Å². The van der Waals surface area contributed by atoms with Gasteiger partial charge in [-0.15, -0.1) is 5.10 Å². The SMILES string of the molecule is CCCN(CC(C)C)C(=O)n1cnc(SCC)n1. The minimum atomic E-state index is -0.0824. The van der Waals surface area contributed by atoms with E-state index in [1.807, 2.05) is 11.8 Å². The van der Waals surface area contributed by atoms with Crippen LogP contribution in [0.3, 0.4) is 0 Å². The van der Waals surface area contributed by atoms with Crippen LogP contribution in [0.15, 0.2) is 11.5 Å². The van der Waals surface area contributed by atoms with Crippen molar-refractivity contribution in [2.24, 2.45) is 5.92 Å². The summed E-state index contributed by atoms with van der Waals surface area (Å²) in [5.41, 5.74) is 0. The molecule has 0 saturated heterocycles. The number of amides is 1. The number of carbonyl (C=O) groups is 1. The summed E-state index contributed by atoms with van der Waals surface area (Å²) in [5.74, 6) is 1.36. The van der Waals surface area contributed by atoms with Gasteiger partial charge in [-0.2, -0.15) is 4.68 Å². The van der Waals surface area contributed by atoms with Crippen molar-refractivity contribution in [3.05, 3.63) is 6.33 Å². The molecule has 18 heavy (non-hydrogen) atoms. The molecule has 0 aliphatic rings. The number of hydrogen-bond acceptors (Lipinski definition) is 4. The van der Waals surface area contributed by atoms with Crippen molar-refractivity contribution in [2.75, 3.05) is 18.8 Å². The van der Waals surface area contributed by atoms with Gasteiger partial charge in [-0.05, 0) is 18.1 Å². The van der Waals surface area contributed by atoms with Gasteiger partial charge in [-0.1, -0.05) is 39.5 Å². The molecule has 0 bridgehead atoms. The molecule has 0 fully saturated rings. The van der Waals surface area contributed by atoms with Gasteiger partial charge in [0.25, 0.3) is 0 Å². The summed E-state index contributed by atoms with van der Waals surface area (Å²) in [5, 5.41) is 4.85. The van der Waals surface area contributed by atoms with Gasteiger partial charge in [0.2, 0.25) is 5.16 Å². The first-order valence-electron chi connectivity index (χ1n) is 6.42. The molecule has 0 aromatic carbocycles. The number of rotatable bonds is 6. The minimum Gasteiger partial charge on any atom is -0.323 e. The molecule has 1 amide bonds. The van der Waals surface area contributed by atoms with Gasteiger partial charge in [0.15, 0.2) is 0 Å². The molecule has 0 aliphatic carbocycles. The third-order valence-electron chi connectivity index (χ3n) is 2.29. The van der Waals surface area contributed by atoms with E-state index in [1.165, 1.54) is 22.8 Å². The van der Waals surface area contributed by atoms with E-state index in [2.05, 4.69) is 30.9 Å². The Morgan fingerprint density at radius 1 is 1.50 bits per heavy atom. The second kappa shape index (κ2) is 7.41. The van der Waals surface area contributed by atoms with Gasteiger partial charge in [-0.3, -0.25) is 0 Å². The van der Waals surface area contributed by atoms with Crippen LogP contribution in [0.5, 0.6) is 0 Å². The average molecular weight is 270 g/mol. The largest absolute Gasteiger partial charge is 0.346 e. The maximum atomic E-state index is 12.3. The molecule has 0 radical (unpaired) electrons. The molecule has 0 saturated carbocycles. The Kier molecular flexibility index (Phi) is 6.18. The summed E-state index contributed by atoms with van der Waals surface area (Å²) in [6, 6.07) is -0.0824. The molecule has 0 unspecified atom stereocenters. The molecule has 1 rings (SSSR count). The third-order valence-corrected chi connectivity index (χ3v) is 3.02. The summed E-state index contributed by atoms with van der Waals surface area (Å²) in [4.78, 5) is 18.2. The maximum Gasteiger partial charge on any atom is 0.346 e. The van der Waals surface area contributed by atoms with Crippen molar-refractivity contribution in [1.82, 2.24) is 19.7 Å². The van der Waals surface area contributed by atoms with E-state index >= 15 is 0 Å². The number of aromatic nitrogens is 3. The summed E-state index contributed by atoms with van der Waals surface area (Å²) in [6.07, 6.45) is 2.45. The summed E-state index contributed by atoms with van der Waals surface area (Å²) >= 11 is 1.54. The molecule has 1 heterocycles. The lowest BCUT2D eigenvalue weighted by atomic mass is 10.2. The van der Waals surface area contributed by atoms with Crippen molar-refractivity contribution >= 4 is 17.8 Å². The van der Waals surface area contributed by atoms with Crippen LogP contribution >= 0.6 is 11.8 Å². The molecule has 5 nitrogen and oxygen atoms in total. The van der Waals surface area contributed by atoms with E-state index < -0.39 is 0 Å². The van der Waals surface area contributed by atoms with Crippen LogP contribution in [0.2, 0.25) is 0 Å². The Bertz CT molecular complexity index is 378. The highest BCUT2D eigenvalue weighted by molar-refractivity contribution is 7.99. The molecular weight excluding hydrogens is 248 g/mol. The van der Waals surface area contributed by atoms with Gasteiger partial charge >= 0.3 is 6.03 Å². The van der Waals surface area contributed by atoms with Crippen LogP contribution < -0.4 is 0 Å². The summed E-state index contributed by atoms with van der Waals surface area (Å²) < 4.78 is 1.34. The van der Waals surface area contributed by atoms with E-state index in [9.17, 15) is 4.79 Å². The lowest BCUT2D eigenvalue weighted by Gasteiger charge is -2.23. The molecule has 0 atom stereocenters. The van der Waals surface area contributed by atoms with Crippen molar-refractivity contribution in [1.29, 1.82) is 0 Å².